The number of fused-ring (bicyclic) bond motifs is 1. The molecule has 10 nitrogen and oxygen atoms in total. The number of ether oxygens (including phenoxy) is 3. The molecule has 2 aromatic heterocycles. The number of pyridine rings is 1. The topological polar surface area (TPSA) is 102 Å². The lowest BCUT2D eigenvalue weighted by Crippen LogP contribution is -2.43. The predicted molar refractivity (Wildman–Crippen MR) is 174 cm³/mol. The van der Waals surface area contributed by atoms with E-state index in [1.54, 1.807) is 16.8 Å². The van der Waals surface area contributed by atoms with Crippen LogP contribution in [0.25, 0.3) is 22.2 Å². The number of carbonyl (C=O) groups is 1. The summed E-state index contributed by atoms with van der Waals surface area (Å²) < 4.78 is 19.6. The van der Waals surface area contributed by atoms with Crippen LogP contribution in [0.4, 0.5) is 4.79 Å². The highest BCUT2D eigenvalue weighted by atomic mass is 16.6. The molecule has 0 radical (unpaired) electrons. The summed E-state index contributed by atoms with van der Waals surface area (Å²) in [6.45, 7) is 10.5. The van der Waals surface area contributed by atoms with E-state index in [9.17, 15) is 9.59 Å². The van der Waals surface area contributed by atoms with E-state index in [1.165, 1.54) is 0 Å². The lowest BCUT2D eigenvalue weighted by Gasteiger charge is -2.34. The second-order valence-electron chi connectivity index (χ2n) is 13.2. The lowest BCUT2D eigenvalue weighted by molar-refractivity contribution is 0.0172. The van der Waals surface area contributed by atoms with Gasteiger partial charge in [0.2, 0.25) is 0 Å². The molecule has 10 heteroatoms. The molecule has 2 saturated heterocycles. The molecule has 1 N–H and O–H groups in total. The molecule has 1 amide bonds. The molecule has 0 bridgehead atoms. The van der Waals surface area contributed by atoms with Crippen LogP contribution in [0.5, 0.6) is 11.6 Å². The van der Waals surface area contributed by atoms with E-state index in [1.807, 2.05) is 81.2 Å². The Kier molecular flexibility index (Phi) is 8.85. The third kappa shape index (κ3) is 7.50. The largest absolute Gasteiger partial charge is 0.489 e. The minimum atomic E-state index is -0.466. The van der Waals surface area contributed by atoms with Gasteiger partial charge in [0.05, 0.1) is 11.1 Å². The number of hydrogen-bond acceptors (Lipinski definition) is 7. The molecular weight excluding hydrogens is 570 g/mol. The molecule has 2 aromatic carbocycles. The van der Waals surface area contributed by atoms with E-state index in [0.717, 1.165) is 74.2 Å². The normalized spacial score (nSPS) is 18.0. The molecule has 4 heterocycles. The number of carbonyl (C=O) groups excluding carboxylic acids is 1. The summed E-state index contributed by atoms with van der Waals surface area (Å²) in [4.78, 5) is 32.6. The van der Waals surface area contributed by atoms with Gasteiger partial charge >= 0.3 is 6.09 Å². The second-order valence-corrected chi connectivity index (χ2v) is 13.2. The van der Waals surface area contributed by atoms with Gasteiger partial charge in [0.15, 0.2) is 5.88 Å². The van der Waals surface area contributed by atoms with Gasteiger partial charge in [0.25, 0.3) is 5.56 Å². The third-order valence-corrected chi connectivity index (χ3v) is 8.51. The fourth-order valence-corrected chi connectivity index (χ4v) is 6.21. The van der Waals surface area contributed by atoms with Crippen LogP contribution >= 0.6 is 0 Å². The zero-order valence-electron chi connectivity index (χ0n) is 26.6. The highest BCUT2D eigenvalue weighted by Gasteiger charge is 2.30. The second kappa shape index (κ2) is 13.0. The highest BCUT2D eigenvalue weighted by Crippen LogP contribution is 2.31. The number of hydrogen-bond donors (Lipinski definition) is 1. The number of aromatic nitrogens is 3. The monoisotopic (exact) mass is 613 g/mol. The Morgan fingerprint density at radius 2 is 1.78 bits per heavy atom. The predicted octanol–water partition coefficient (Wildman–Crippen LogP) is 5.61. The number of aryl methyl sites for hydroxylation is 1. The van der Waals surface area contributed by atoms with Crippen molar-refractivity contribution in [2.24, 2.45) is 13.0 Å². The van der Waals surface area contributed by atoms with E-state index in [2.05, 4.69) is 15.0 Å². The van der Waals surface area contributed by atoms with E-state index in [4.69, 9.17) is 14.2 Å². The quantitative estimate of drug-likeness (QED) is 0.276. The Hall–Kier alpha value is -4.31. The SMILES string of the molecule is Cn1nc(-c2ccc(OCc3ccccc3)[nH]c2=O)c2ccc(O[C@H]3CCN(CC4CCN(C(=O)OC(C)(C)C)CC4)C3)cc21. The van der Waals surface area contributed by atoms with Crippen LogP contribution in [-0.2, 0) is 18.4 Å². The number of nitrogens with one attached hydrogen (secondary N) is 1. The van der Waals surface area contributed by atoms with Gasteiger partial charge in [-0.25, -0.2) is 4.79 Å². The number of likely N-dealkylation sites (tertiary alicyclic amines) is 2. The summed E-state index contributed by atoms with van der Waals surface area (Å²) >= 11 is 0. The van der Waals surface area contributed by atoms with Crippen molar-refractivity contribution in [3.8, 4) is 22.9 Å². The molecule has 0 saturated carbocycles. The van der Waals surface area contributed by atoms with Crippen molar-refractivity contribution in [3.05, 3.63) is 76.6 Å². The standard InChI is InChI=1S/C35H43N5O5/c1-35(2,3)45-34(42)40-18-14-24(15-19-40)21-39-17-16-27(22-39)44-26-10-11-28-30(20-26)38(4)37-32(28)29-12-13-31(36-33(29)41)43-23-25-8-6-5-7-9-25/h5-13,20,24,27H,14-19,21-23H2,1-4H3,(H,36,41)/t27-/m0/s1. The Balaban J connectivity index is 1.04. The summed E-state index contributed by atoms with van der Waals surface area (Å²) in [6, 6.07) is 19.3. The zero-order chi connectivity index (χ0) is 31.6. The van der Waals surface area contributed by atoms with E-state index in [-0.39, 0.29) is 17.8 Å². The fourth-order valence-electron chi connectivity index (χ4n) is 6.21. The van der Waals surface area contributed by atoms with Crippen LogP contribution in [0.15, 0.2) is 65.5 Å². The summed E-state index contributed by atoms with van der Waals surface area (Å²) in [5.74, 6) is 1.79. The van der Waals surface area contributed by atoms with Crippen LogP contribution in [0.2, 0.25) is 0 Å². The van der Waals surface area contributed by atoms with Gasteiger partial charge < -0.3 is 19.1 Å². The van der Waals surface area contributed by atoms with Crippen LogP contribution in [-0.4, -0.2) is 75.1 Å². The summed E-state index contributed by atoms with van der Waals surface area (Å²) in [7, 11) is 1.88. The minimum Gasteiger partial charge on any atom is -0.489 e. The van der Waals surface area contributed by atoms with E-state index < -0.39 is 5.60 Å². The highest BCUT2D eigenvalue weighted by molar-refractivity contribution is 5.93. The molecule has 2 aliphatic rings. The van der Waals surface area contributed by atoms with Gasteiger partial charge in [0.1, 0.15) is 29.8 Å². The van der Waals surface area contributed by atoms with Gasteiger partial charge in [0, 0.05) is 51.2 Å². The first kappa shape index (κ1) is 30.7. The van der Waals surface area contributed by atoms with Crippen LogP contribution < -0.4 is 15.0 Å². The number of benzene rings is 2. The van der Waals surface area contributed by atoms with E-state index in [0.29, 0.717) is 29.7 Å². The maximum absolute atomic E-state index is 13.0. The molecule has 0 unspecified atom stereocenters. The first-order chi connectivity index (χ1) is 21.6. The number of aromatic amines is 1. The number of piperidine rings is 1. The minimum absolute atomic E-state index is 0.114. The molecule has 0 aliphatic carbocycles. The molecular formula is C35H43N5O5. The number of rotatable bonds is 8. The van der Waals surface area contributed by atoms with Gasteiger partial charge in [-0.3, -0.25) is 19.4 Å². The average Bonchev–Trinajstić information content (AvgIpc) is 3.59. The molecule has 6 rings (SSSR count). The van der Waals surface area contributed by atoms with E-state index >= 15 is 0 Å². The van der Waals surface area contributed by atoms with Crippen molar-refractivity contribution in [1.82, 2.24) is 24.6 Å². The molecule has 2 aliphatic heterocycles. The van der Waals surface area contributed by atoms with Crippen LogP contribution in [0.3, 0.4) is 0 Å². The Labute approximate surface area is 263 Å². The number of H-pyrrole nitrogens is 1. The maximum atomic E-state index is 13.0. The van der Waals surface area contributed by atoms with Crippen LogP contribution in [0, 0.1) is 5.92 Å². The number of nitrogens with zero attached hydrogens (tertiary/aromatic N) is 4. The third-order valence-electron chi connectivity index (χ3n) is 8.51. The van der Waals surface area contributed by atoms with Gasteiger partial charge in [-0.15, -0.1) is 0 Å². The summed E-state index contributed by atoms with van der Waals surface area (Å²) in [6.07, 6.45) is 2.87. The fraction of sp³-hybridized carbons (Fsp3) is 0.457. The summed E-state index contributed by atoms with van der Waals surface area (Å²) in [5.41, 5.74) is 2.33. The molecule has 4 aromatic rings. The zero-order valence-corrected chi connectivity index (χ0v) is 26.6. The van der Waals surface area contributed by atoms with Crippen LogP contribution in [0.1, 0.15) is 45.6 Å². The average molecular weight is 614 g/mol. The van der Waals surface area contributed by atoms with Crippen molar-refractivity contribution < 1.29 is 19.0 Å². The number of amides is 1. The molecule has 0 spiro atoms. The van der Waals surface area contributed by atoms with Crippen molar-refractivity contribution >= 4 is 17.0 Å². The van der Waals surface area contributed by atoms with Gasteiger partial charge in [-0.1, -0.05) is 30.3 Å². The van der Waals surface area contributed by atoms with Crippen molar-refractivity contribution in [2.45, 2.75) is 58.3 Å². The smallest absolute Gasteiger partial charge is 0.410 e. The Bertz CT molecular complexity index is 1680. The first-order valence-electron chi connectivity index (χ1n) is 15.9. The summed E-state index contributed by atoms with van der Waals surface area (Å²) in [5, 5.41) is 5.58. The van der Waals surface area contributed by atoms with Crippen molar-refractivity contribution in [3.63, 3.8) is 0 Å². The first-order valence-corrected chi connectivity index (χ1v) is 15.9. The lowest BCUT2D eigenvalue weighted by atomic mass is 9.96. The van der Waals surface area contributed by atoms with Gasteiger partial charge in [-0.2, -0.15) is 5.10 Å². The maximum Gasteiger partial charge on any atom is 0.410 e. The van der Waals surface area contributed by atoms with Crippen molar-refractivity contribution in [2.75, 3.05) is 32.7 Å². The molecule has 238 valence electrons. The Morgan fingerprint density at radius 1 is 1.00 bits per heavy atom. The van der Waals surface area contributed by atoms with Gasteiger partial charge in [-0.05, 0) is 75.8 Å². The van der Waals surface area contributed by atoms with Crippen molar-refractivity contribution in [1.29, 1.82) is 0 Å². The molecule has 1 atom stereocenters. The molecule has 2 fully saturated rings. The molecule has 45 heavy (non-hydrogen) atoms. The Morgan fingerprint density at radius 3 is 2.51 bits per heavy atom.